The maximum Gasteiger partial charge on any atom is 0.412 e. The highest BCUT2D eigenvalue weighted by atomic mass is 19.4. The molecule has 0 heterocycles. The van der Waals surface area contributed by atoms with Crippen molar-refractivity contribution in [3.05, 3.63) is 35.6 Å². The number of rotatable bonds is 6. The second-order valence-corrected chi connectivity index (χ2v) is 4.42. The third kappa shape index (κ3) is 5.98. The molecule has 0 aromatic heterocycles. The van der Waals surface area contributed by atoms with E-state index in [2.05, 4.69) is 5.32 Å². The summed E-state index contributed by atoms with van der Waals surface area (Å²) in [6, 6.07) is 0.210. The average Bonchev–Trinajstić information content (AvgIpc) is 2.41. The summed E-state index contributed by atoms with van der Waals surface area (Å²) in [6.45, 7) is -0.0773. The van der Waals surface area contributed by atoms with Crippen molar-refractivity contribution in [1.82, 2.24) is 10.6 Å². The van der Waals surface area contributed by atoms with Gasteiger partial charge in [-0.2, -0.15) is 13.2 Å². The third-order valence-corrected chi connectivity index (χ3v) is 2.66. The summed E-state index contributed by atoms with van der Waals surface area (Å²) in [4.78, 5) is 21.7. The van der Waals surface area contributed by atoms with Crippen LogP contribution in [0, 0.1) is 5.82 Å². The molecule has 1 rings (SSSR count). The number of aliphatic carboxylic acids is 1. The topological polar surface area (TPSA) is 78.4 Å². The number of carbonyl (C=O) groups is 2. The Balaban J connectivity index is 2.64. The molecule has 22 heavy (non-hydrogen) atoms. The minimum absolute atomic E-state index is 0.0773. The molecule has 5 nitrogen and oxygen atoms in total. The van der Waals surface area contributed by atoms with E-state index in [4.69, 9.17) is 5.11 Å². The van der Waals surface area contributed by atoms with Gasteiger partial charge < -0.3 is 15.7 Å². The standard InChI is InChI=1S/C13H14F4N2O3/c14-9-5-3-8(4-6-9)11(13(15,16)17)19-12(22)18-7-1-2-10(20)21/h3-6,11H,1-2,7H2,(H,20,21)(H2,18,19,22)/t11-/m1/s1. The van der Waals surface area contributed by atoms with Crippen molar-refractivity contribution >= 4 is 12.0 Å². The van der Waals surface area contributed by atoms with E-state index in [1.165, 1.54) is 0 Å². The minimum Gasteiger partial charge on any atom is -0.481 e. The quantitative estimate of drug-likeness (QED) is 0.556. The molecule has 122 valence electrons. The van der Waals surface area contributed by atoms with Crippen molar-refractivity contribution < 1.29 is 32.3 Å². The molecule has 1 aromatic rings. The molecule has 0 aliphatic heterocycles. The summed E-state index contributed by atoms with van der Waals surface area (Å²) in [6.07, 6.45) is -4.87. The van der Waals surface area contributed by atoms with Crippen LogP contribution in [-0.2, 0) is 4.79 Å². The van der Waals surface area contributed by atoms with Gasteiger partial charge in [0.15, 0.2) is 6.04 Å². The van der Waals surface area contributed by atoms with E-state index in [1.807, 2.05) is 0 Å². The Morgan fingerprint density at radius 1 is 1.18 bits per heavy atom. The van der Waals surface area contributed by atoms with Gasteiger partial charge in [0.2, 0.25) is 0 Å². The van der Waals surface area contributed by atoms with Crippen LogP contribution in [0.2, 0.25) is 0 Å². The molecule has 0 fully saturated rings. The van der Waals surface area contributed by atoms with Crippen LogP contribution in [-0.4, -0.2) is 29.8 Å². The number of alkyl halides is 3. The summed E-state index contributed by atoms with van der Waals surface area (Å²) in [5.41, 5.74) is -0.311. The molecule has 3 N–H and O–H groups in total. The van der Waals surface area contributed by atoms with E-state index in [9.17, 15) is 27.2 Å². The molecule has 0 spiro atoms. The van der Waals surface area contributed by atoms with Crippen LogP contribution in [0.3, 0.4) is 0 Å². The Hall–Kier alpha value is -2.32. The molecule has 2 amide bonds. The van der Waals surface area contributed by atoms with Gasteiger partial charge in [-0.15, -0.1) is 0 Å². The van der Waals surface area contributed by atoms with Gasteiger partial charge >= 0.3 is 18.2 Å². The van der Waals surface area contributed by atoms with E-state index in [-0.39, 0.29) is 24.9 Å². The van der Waals surface area contributed by atoms with Crippen molar-refractivity contribution in [3.8, 4) is 0 Å². The first-order valence-corrected chi connectivity index (χ1v) is 6.28. The summed E-state index contributed by atoms with van der Waals surface area (Å²) in [5.74, 6) is -1.76. The van der Waals surface area contributed by atoms with Gasteiger partial charge in [0.05, 0.1) is 0 Å². The monoisotopic (exact) mass is 322 g/mol. The van der Waals surface area contributed by atoms with Crippen LogP contribution >= 0.6 is 0 Å². The van der Waals surface area contributed by atoms with Gasteiger partial charge in [-0.1, -0.05) is 12.1 Å². The lowest BCUT2D eigenvalue weighted by Crippen LogP contribution is -2.43. The van der Waals surface area contributed by atoms with Crippen molar-refractivity contribution in [2.75, 3.05) is 6.54 Å². The van der Waals surface area contributed by atoms with Gasteiger partial charge in [0, 0.05) is 13.0 Å². The molecule has 1 atom stereocenters. The lowest BCUT2D eigenvalue weighted by Gasteiger charge is -2.22. The van der Waals surface area contributed by atoms with E-state index >= 15 is 0 Å². The predicted octanol–water partition coefficient (Wildman–Crippen LogP) is 2.59. The Morgan fingerprint density at radius 3 is 2.27 bits per heavy atom. The molecular weight excluding hydrogens is 308 g/mol. The van der Waals surface area contributed by atoms with Gasteiger partial charge in [-0.3, -0.25) is 4.79 Å². The second kappa shape index (κ2) is 7.62. The zero-order valence-electron chi connectivity index (χ0n) is 11.3. The number of halogens is 4. The zero-order chi connectivity index (χ0) is 16.8. The van der Waals surface area contributed by atoms with Gasteiger partial charge in [-0.05, 0) is 24.1 Å². The van der Waals surface area contributed by atoms with Gasteiger partial charge in [-0.25, -0.2) is 9.18 Å². The number of hydrogen-bond donors (Lipinski definition) is 3. The Morgan fingerprint density at radius 2 is 1.77 bits per heavy atom. The molecule has 0 unspecified atom stereocenters. The average molecular weight is 322 g/mol. The largest absolute Gasteiger partial charge is 0.481 e. The van der Waals surface area contributed by atoms with E-state index in [1.54, 1.807) is 5.32 Å². The first-order valence-electron chi connectivity index (χ1n) is 6.28. The number of amides is 2. The molecule has 0 aliphatic carbocycles. The third-order valence-electron chi connectivity index (χ3n) is 2.66. The van der Waals surface area contributed by atoms with Crippen LogP contribution in [0.5, 0.6) is 0 Å². The number of nitrogens with one attached hydrogen (secondary N) is 2. The maximum absolute atomic E-state index is 12.9. The maximum atomic E-state index is 12.9. The molecule has 9 heteroatoms. The highest BCUT2D eigenvalue weighted by molar-refractivity contribution is 5.74. The fourth-order valence-electron chi connectivity index (χ4n) is 1.63. The van der Waals surface area contributed by atoms with Crippen LogP contribution < -0.4 is 10.6 Å². The fraction of sp³-hybridized carbons (Fsp3) is 0.385. The van der Waals surface area contributed by atoms with Crippen molar-refractivity contribution in [2.24, 2.45) is 0 Å². The number of benzene rings is 1. The normalized spacial score (nSPS) is 12.5. The summed E-state index contributed by atoms with van der Waals surface area (Å²) in [7, 11) is 0. The minimum atomic E-state index is -4.75. The number of carbonyl (C=O) groups excluding carboxylic acids is 1. The molecule has 0 radical (unpaired) electrons. The van der Waals surface area contributed by atoms with Crippen LogP contribution in [0.4, 0.5) is 22.4 Å². The van der Waals surface area contributed by atoms with Crippen molar-refractivity contribution in [2.45, 2.75) is 25.1 Å². The molecule has 0 bridgehead atoms. The SMILES string of the molecule is O=C(O)CCCNC(=O)N[C@H](c1ccc(F)cc1)C(F)(F)F. The summed E-state index contributed by atoms with van der Waals surface area (Å²) < 4.78 is 51.6. The smallest absolute Gasteiger partial charge is 0.412 e. The summed E-state index contributed by atoms with van der Waals surface area (Å²) in [5, 5.41) is 12.3. The van der Waals surface area contributed by atoms with Gasteiger partial charge in [0.25, 0.3) is 0 Å². The Kier molecular flexibility index (Phi) is 6.14. The van der Waals surface area contributed by atoms with Crippen molar-refractivity contribution in [1.29, 1.82) is 0 Å². The fourth-order valence-corrected chi connectivity index (χ4v) is 1.63. The first kappa shape index (κ1) is 17.7. The molecular formula is C13H14F4N2O3. The molecule has 0 aliphatic rings. The first-order chi connectivity index (χ1) is 10.2. The zero-order valence-corrected chi connectivity index (χ0v) is 11.3. The highest BCUT2D eigenvalue weighted by Crippen LogP contribution is 2.32. The van der Waals surface area contributed by atoms with E-state index in [0.717, 1.165) is 24.3 Å². The highest BCUT2D eigenvalue weighted by Gasteiger charge is 2.41. The lowest BCUT2D eigenvalue weighted by molar-refractivity contribution is -0.155. The second-order valence-electron chi connectivity index (χ2n) is 4.42. The van der Waals surface area contributed by atoms with Gasteiger partial charge in [0.1, 0.15) is 5.82 Å². The number of carboxylic acids is 1. The number of urea groups is 1. The van der Waals surface area contributed by atoms with E-state index < -0.39 is 30.0 Å². The number of carboxylic acid groups (broad SMARTS) is 1. The van der Waals surface area contributed by atoms with Crippen LogP contribution in [0.25, 0.3) is 0 Å². The number of hydrogen-bond acceptors (Lipinski definition) is 2. The van der Waals surface area contributed by atoms with Crippen LogP contribution in [0.1, 0.15) is 24.4 Å². The van der Waals surface area contributed by atoms with Crippen LogP contribution in [0.15, 0.2) is 24.3 Å². The Labute approximate surface area is 123 Å². The predicted molar refractivity (Wildman–Crippen MR) is 68.6 cm³/mol. The summed E-state index contributed by atoms with van der Waals surface area (Å²) >= 11 is 0. The lowest BCUT2D eigenvalue weighted by atomic mass is 10.1. The molecule has 1 aromatic carbocycles. The molecule has 0 saturated carbocycles. The molecule has 0 saturated heterocycles. The van der Waals surface area contributed by atoms with E-state index in [0.29, 0.717) is 0 Å². The van der Waals surface area contributed by atoms with Crippen molar-refractivity contribution in [3.63, 3.8) is 0 Å². The Bertz CT molecular complexity index is 517.